The Kier molecular flexibility index (Phi) is 8.62. The van der Waals surface area contributed by atoms with Gasteiger partial charge in [-0.25, -0.2) is 0 Å². The van der Waals surface area contributed by atoms with Gasteiger partial charge in [0.15, 0.2) is 0 Å². The Labute approximate surface area is 80.7 Å². The molecule has 0 bridgehead atoms. The van der Waals surface area contributed by atoms with Crippen molar-refractivity contribution >= 4 is 0 Å². The first-order chi connectivity index (χ1) is 6.35. The third-order valence-corrected chi connectivity index (χ3v) is 1.49. The van der Waals surface area contributed by atoms with E-state index in [0.29, 0.717) is 6.54 Å². The van der Waals surface area contributed by atoms with E-state index in [2.05, 4.69) is 0 Å². The predicted octanol–water partition coefficient (Wildman–Crippen LogP) is 2.19. The number of ether oxygens (including phenoxy) is 1. The van der Waals surface area contributed by atoms with Crippen molar-refractivity contribution < 1.29 is 4.74 Å². The van der Waals surface area contributed by atoms with E-state index in [4.69, 9.17) is 10.5 Å². The van der Waals surface area contributed by atoms with E-state index >= 15 is 0 Å². The molecule has 0 atom stereocenters. The molecule has 1 rings (SSSR count). The standard InChI is InChI=1S/C7H9N.C4H10O/c8-6-7-4-2-1-3-5-7;1-3-5-4-2/h1-5H,6,8H2;3-4H2,1-2H3. The van der Waals surface area contributed by atoms with E-state index in [0.717, 1.165) is 13.2 Å². The second-order valence-electron chi connectivity index (χ2n) is 2.47. The van der Waals surface area contributed by atoms with Crippen molar-refractivity contribution in [3.63, 3.8) is 0 Å². The summed E-state index contributed by atoms with van der Waals surface area (Å²) < 4.78 is 4.83. The van der Waals surface area contributed by atoms with Gasteiger partial charge in [0, 0.05) is 19.8 Å². The summed E-state index contributed by atoms with van der Waals surface area (Å²) >= 11 is 0. The molecule has 1 aromatic carbocycles. The molecule has 1 aromatic rings. The molecule has 0 aliphatic heterocycles. The quantitative estimate of drug-likeness (QED) is 0.775. The maximum absolute atomic E-state index is 5.35. The highest BCUT2D eigenvalue weighted by molar-refractivity contribution is 5.13. The Balaban J connectivity index is 0.000000252. The highest BCUT2D eigenvalue weighted by atomic mass is 16.5. The molecule has 0 unspecified atom stereocenters. The van der Waals surface area contributed by atoms with Crippen LogP contribution in [0, 0.1) is 0 Å². The normalized spacial score (nSPS) is 8.85. The smallest absolute Gasteiger partial charge is 0.0437 e. The molecular weight excluding hydrogens is 162 g/mol. The molecule has 0 amide bonds. The van der Waals surface area contributed by atoms with Gasteiger partial charge >= 0.3 is 0 Å². The molecule has 0 saturated heterocycles. The Hall–Kier alpha value is -0.860. The summed E-state index contributed by atoms with van der Waals surface area (Å²) in [5.41, 5.74) is 6.54. The largest absolute Gasteiger partial charge is 0.382 e. The molecule has 13 heavy (non-hydrogen) atoms. The Morgan fingerprint density at radius 1 is 1.08 bits per heavy atom. The molecule has 74 valence electrons. The zero-order chi connectivity index (χ0) is 9.94. The van der Waals surface area contributed by atoms with E-state index in [9.17, 15) is 0 Å². The van der Waals surface area contributed by atoms with Gasteiger partial charge in [0.1, 0.15) is 0 Å². The molecule has 0 aliphatic carbocycles. The highest BCUT2D eigenvalue weighted by Gasteiger charge is 1.80. The molecule has 2 N–H and O–H groups in total. The van der Waals surface area contributed by atoms with Crippen molar-refractivity contribution in [2.24, 2.45) is 5.73 Å². The van der Waals surface area contributed by atoms with Crippen LogP contribution in [-0.2, 0) is 11.3 Å². The van der Waals surface area contributed by atoms with Gasteiger partial charge < -0.3 is 10.5 Å². The monoisotopic (exact) mass is 181 g/mol. The fraction of sp³-hybridized carbons (Fsp3) is 0.455. The van der Waals surface area contributed by atoms with Crippen LogP contribution in [-0.4, -0.2) is 13.2 Å². The molecule has 0 spiro atoms. The van der Waals surface area contributed by atoms with E-state index in [1.807, 2.05) is 44.2 Å². The number of rotatable bonds is 3. The average molecular weight is 181 g/mol. The summed E-state index contributed by atoms with van der Waals surface area (Å²) in [6.45, 7) is 6.31. The molecule has 0 aliphatic rings. The fourth-order valence-corrected chi connectivity index (χ4v) is 0.818. The van der Waals surface area contributed by atoms with E-state index in [1.165, 1.54) is 5.56 Å². The van der Waals surface area contributed by atoms with E-state index < -0.39 is 0 Å². The summed E-state index contributed by atoms with van der Waals surface area (Å²) in [5, 5.41) is 0. The Bertz CT molecular complexity index is 185. The van der Waals surface area contributed by atoms with Crippen molar-refractivity contribution in [2.45, 2.75) is 20.4 Å². The Morgan fingerprint density at radius 3 is 1.85 bits per heavy atom. The lowest BCUT2D eigenvalue weighted by atomic mass is 10.2. The van der Waals surface area contributed by atoms with Crippen LogP contribution in [0.1, 0.15) is 19.4 Å². The van der Waals surface area contributed by atoms with Crippen molar-refractivity contribution in [3.8, 4) is 0 Å². The third kappa shape index (κ3) is 7.50. The van der Waals surface area contributed by atoms with Crippen LogP contribution < -0.4 is 5.73 Å². The van der Waals surface area contributed by atoms with Gasteiger partial charge in [-0.3, -0.25) is 0 Å². The SMILES string of the molecule is CCOCC.NCc1ccccc1. The first-order valence-corrected chi connectivity index (χ1v) is 4.66. The van der Waals surface area contributed by atoms with E-state index in [1.54, 1.807) is 0 Å². The van der Waals surface area contributed by atoms with Gasteiger partial charge in [-0.2, -0.15) is 0 Å². The van der Waals surface area contributed by atoms with Gasteiger partial charge in [-0.05, 0) is 19.4 Å². The zero-order valence-electron chi connectivity index (χ0n) is 8.49. The topological polar surface area (TPSA) is 35.2 Å². The van der Waals surface area contributed by atoms with Gasteiger partial charge in [0.2, 0.25) is 0 Å². The molecular formula is C11H19NO. The van der Waals surface area contributed by atoms with Crippen LogP contribution in [0.2, 0.25) is 0 Å². The lowest BCUT2D eigenvalue weighted by Gasteiger charge is -1.90. The lowest BCUT2D eigenvalue weighted by Crippen LogP contribution is -1.94. The summed E-state index contributed by atoms with van der Waals surface area (Å²) in [4.78, 5) is 0. The van der Waals surface area contributed by atoms with Gasteiger partial charge in [-0.1, -0.05) is 30.3 Å². The fourth-order valence-electron chi connectivity index (χ4n) is 0.818. The Morgan fingerprint density at radius 2 is 1.62 bits per heavy atom. The van der Waals surface area contributed by atoms with Gasteiger partial charge in [-0.15, -0.1) is 0 Å². The van der Waals surface area contributed by atoms with Crippen molar-refractivity contribution in [1.29, 1.82) is 0 Å². The van der Waals surface area contributed by atoms with Crippen LogP contribution in [0.25, 0.3) is 0 Å². The minimum absolute atomic E-state index is 0.640. The summed E-state index contributed by atoms with van der Waals surface area (Å²) in [7, 11) is 0. The summed E-state index contributed by atoms with van der Waals surface area (Å²) in [6, 6.07) is 9.99. The van der Waals surface area contributed by atoms with Crippen LogP contribution >= 0.6 is 0 Å². The second kappa shape index (κ2) is 9.23. The van der Waals surface area contributed by atoms with Crippen molar-refractivity contribution in [1.82, 2.24) is 0 Å². The lowest BCUT2D eigenvalue weighted by molar-refractivity contribution is 0.162. The molecule has 0 radical (unpaired) electrons. The van der Waals surface area contributed by atoms with Gasteiger partial charge in [0.05, 0.1) is 0 Å². The van der Waals surface area contributed by atoms with Crippen molar-refractivity contribution in [3.05, 3.63) is 35.9 Å². The second-order valence-corrected chi connectivity index (χ2v) is 2.47. The number of nitrogens with two attached hydrogens (primary N) is 1. The zero-order valence-corrected chi connectivity index (χ0v) is 8.49. The maximum Gasteiger partial charge on any atom is 0.0437 e. The summed E-state index contributed by atoms with van der Waals surface area (Å²) in [6.07, 6.45) is 0. The number of hydrogen-bond acceptors (Lipinski definition) is 2. The highest BCUT2D eigenvalue weighted by Crippen LogP contribution is 1.94. The molecule has 2 nitrogen and oxygen atoms in total. The first-order valence-electron chi connectivity index (χ1n) is 4.66. The molecule has 0 fully saturated rings. The van der Waals surface area contributed by atoms with E-state index in [-0.39, 0.29) is 0 Å². The van der Waals surface area contributed by atoms with Crippen LogP contribution in [0.5, 0.6) is 0 Å². The van der Waals surface area contributed by atoms with Gasteiger partial charge in [0.25, 0.3) is 0 Å². The average Bonchev–Trinajstić information content (AvgIpc) is 2.21. The molecule has 0 heterocycles. The molecule has 0 aromatic heterocycles. The predicted molar refractivity (Wildman–Crippen MR) is 56.5 cm³/mol. The maximum atomic E-state index is 5.35. The van der Waals surface area contributed by atoms with Crippen LogP contribution in [0.4, 0.5) is 0 Å². The molecule has 0 saturated carbocycles. The first kappa shape index (κ1) is 12.1. The minimum Gasteiger partial charge on any atom is -0.382 e. The third-order valence-electron chi connectivity index (χ3n) is 1.49. The molecule has 2 heteroatoms. The van der Waals surface area contributed by atoms with Crippen LogP contribution in [0.15, 0.2) is 30.3 Å². The van der Waals surface area contributed by atoms with Crippen LogP contribution in [0.3, 0.4) is 0 Å². The minimum atomic E-state index is 0.640. The number of hydrogen-bond donors (Lipinski definition) is 1. The number of benzene rings is 1. The van der Waals surface area contributed by atoms with Crippen molar-refractivity contribution in [2.75, 3.05) is 13.2 Å². The summed E-state index contributed by atoms with van der Waals surface area (Å²) in [5.74, 6) is 0.